The van der Waals surface area contributed by atoms with Crippen LogP contribution < -0.4 is 11.1 Å². The molecule has 0 saturated heterocycles. The summed E-state index contributed by atoms with van der Waals surface area (Å²) >= 11 is 7.29. The summed E-state index contributed by atoms with van der Waals surface area (Å²) in [6.07, 6.45) is 4.35. The third-order valence-electron chi connectivity index (χ3n) is 4.09. The van der Waals surface area contributed by atoms with Gasteiger partial charge in [0.15, 0.2) is 11.5 Å². The lowest BCUT2D eigenvalue weighted by Crippen LogP contribution is -2.44. The van der Waals surface area contributed by atoms with Crippen molar-refractivity contribution < 1.29 is 9.32 Å². The number of amides is 1. The molecule has 1 aliphatic carbocycles. The smallest absolute Gasteiger partial charge is 0.273 e. The van der Waals surface area contributed by atoms with Gasteiger partial charge in [0.05, 0.1) is 9.21 Å². The summed E-state index contributed by atoms with van der Waals surface area (Å²) in [4.78, 5) is 13.2. The van der Waals surface area contributed by atoms with Crippen LogP contribution in [0, 0.1) is 5.92 Å². The lowest BCUT2D eigenvalue weighted by Gasteiger charge is -2.30. The molecule has 0 radical (unpaired) electrons. The summed E-state index contributed by atoms with van der Waals surface area (Å²) in [5.74, 6) is 0.698. The molecule has 1 saturated carbocycles. The van der Waals surface area contributed by atoms with Crippen molar-refractivity contribution >= 4 is 28.8 Å². The molecule has 2 aromatic heterocycles. The van der Waals surface area contributed by atoms with E-state index >= 15 is 0 Å². The minimum Gasteiger partial charge on any atom is -0.355 e. The van der Waals surface area contributed by atoms with Gasteiger partial charge >= 0.3 is 0 Å². The zero-order valence-electron chi connectivity index (χ0n) is 12.0. The van der Waals surface area contributed by atoms with Crippen LogP contribution in [0.2, 0.25) is 4.34 Å². The molecule has 0 aliphatic heterocycles. The average molecular weight is 340 g/mol. The molecule has 1 aliphatic rings. The minimum atomic E-state index is -0.206. The van der Waals surface area contributed by atoms with E-state index in [1.165, 1.54) is 17.8 Å². The molecule has 2 atom stereocenters. The van der Waals surface area contributed by atoms with Gasteiger partial charge in [0, 0.05) is 12.1 Å². The van der Waals surface area contributed by atoms with E-state index in [9.17, 15) is 4.79 Å². The highest BCUT2D eigenvalue weighted by molar-refractivity contribution is 7.19. The molecule has 0 spiro atoms. The molecule has 1 amide bonds. The summed E-state index contributed by atoms with van der Waals surface area (Å²) in [7, 11) is 0. The van der Waals surface area contributed by atoms with E-state index in [-0.39, 0.29) is 11.9 Å². The van der Waals surface area contributed by atoms with Gasteiger partial charge in [-0.1, -0.05) is 29.6 Å². The van der Waals surface area contributed by atoms with Crippen molar-refractivity contribution in [2.75, 3.05) is 6.54 Å². The van der Waals surface area contributed by atoms with E-state index in [0.717, 1.165) is 24.1 Å². The zero-order chi connectivity index (χ0) is 15.5. The number of hydrogen-bond donors (Lipinski definition) is 2. The number of hydrogen-bond acceptors (Lipinski definition) is 5. The van der Waals surface area contributed by atoms with Crippen LogP contribution in [0.25, 0.3) is 10.6 Å². The highest BCUT2D eigenvalue weighted by Gasteiger charge is 2.26. The first kappa shape index (κ1) is 15.5. The SMILES string of the molecule is NCC1CCCCC1NC(=O)c1cc(-c2ccc(Cl)s2)on1. The fourth-order valence-electron chi connectivity index (χ4n) is 2.87. The normalized spacial score (nSPS) is 21.7. The van der Waals surface area contributed by atoms with E-state index in [2.05, 4.69) is 10.5 Å². The van der Waals surface area contributed by atoms with Gasteiger partial charge in [-0.05, 0) is 37.4 Å². The van der Waals surface area contributed by atoms with Crippen molar-refractivity contribution in [3.05, 3.63) is 28.2 Å². The highest BCUT2D eigenvalue weighted by Crippen LogP contribution is 2.31. The van der Waals surface area contributed by atoms with Crippen molar-refractivity contribution in [2.45, 2.75) is 31.7 Å². The number of carbonyl (C=O) groups is 1. The molecular weight excluding hydrogens is 322 g/mol. The number of thiophene rings is 1. The van der Waals surface area contributed by atoms with Gasteiger partial charge in [-0.2, -0.15) is 0 Å². The highest BCUT2D eigenvalue weighted by atomic mass is 35.5. The quantitative estimate of drug-likeness (QED) is 0.895. The maximum Gasteiger partial charge on any atom is 0.273 e. The molecule has 3 rings (SSSR count). The van der Waals surface area contributed by atoms with Gasteiger partial charge in [-0.25, -0.2) is 0 Å². The summed E-state index contributed by atoms with van der Waals surface area (Å²) in [5, 5.41) is 6.91. The fraction of sp³-hybridized carbons (Fsp3) is 0.467. The fourth-order valence-corrected chi connectivity index (χ4v) is 3.86. The molecule has 2 aromatic rings. The number of rotatable bonds is 4. The van der Waals surface area contributed by atoms with Gasteiger partial charge in [0.2, 0.25) is 0 Å². The Labute approximate surface area is 137 Å². The molecule has 5 nitrogen and oxygen atoms in total. The Morgan fingerprint density at radius 2 is 2.27 bits per heavy atom. The van der Waals surface area contributed by atoms with Gasteiger partial charge in [-0.3, -0.25) is 4.79 Å². The van der Waals surface area contributed by atoms with Crippen LogP contribution in [0.3, 0.4) is 0 Å². The Hall–Kier alpha value is -1.37. The predicted octanol–water partition coefficient (Wildman–Crippen LogP) is 3.30. The summed E-state index contributed by atoms with van der Waals surface area (Å²) in [6.45, 7) is 0.600. The van der Waals surface area contributed by atoms with Crippen molar-refractivity contribution in [1.29, 1.82) is 0 Å². The van der Waals surface area contributed by atoms with Gasteiger partial charge in [0.25, 0.3) is 5.91 Å². The van der Waals surface area contributed by atoms with Crippen LogP contribution in [0.4, 0.5) is 0 Å². The number of halogens is 1. The second-order valence-electron chi connectivity index (χ2n) is 5.54. The van der Waals surface area contributed by atoms with Crippen molar-refractivity contribution in [2.24, 2.45) is 11.7 Å². The Balaban J connectivity index is 1.69. The van der Waals surface area contributed by atoms with E-state index in [1.807, 2.05) is 6.07 Å². The van der Waals surface area contributed by atoms with Crippen LogP contribution in [-0.2, 0) is 0 Å². The second kappa shape index (κ2) is 6.81. The first-order chi connectivity index (χ1) is 10.7. The van der Waals surface area contributed by atoms with Crippen LogP contribution in [-0.4, -0.2) is 23.7 Å². The summed E-state index contributed by atoms with van der Waals surface area (Å²) in [5.41, 5.74) is 6.09. The van der Waals surface area contributed by atoms with Crippen molar-refractivity contribution in [3.63, 3.8) is 0 Å². The van der Waals surface area contributed by atoms with Crippen LogP contribution >= 0.6 is 22.9 Å². The second-order valence-corrected chi connectivity index (χ2v) is 7.26. The molecular formula is C15H18ClN3O2S. The number of nitrogens with zero attached hydrogens (tertiary/aromatic N) is 1. The average Bonchev–Trinajstić information content (AvgIpc) is 3.16. The van der Waals surface area contributed by atoms with Crippen LogP contribution in [0.1, 0.15) is 36.2 Å². The van der Waals surface area contributed by atoms with Gasteiger partial charge < -0.3 is 15.6 Å². The van der Waals surface area contributed by atoms with Crippen molar-refractivity contribution in [1.82, 2.24) is 10.5 Å². The monoisotopic (exact) mass is 339 g/mol. The molecule has 3 N–H and O–H groups in total. The number of aromatic nitrogens is 1. The Morgan fingerprint density at radius 1 is 1.45 bits per heavy atom. The first-order valence-corrected chi connectivity index (χ1v) is 8.60. The van der Waals surface area contributed by atoms with Crippen molar-refractivity contribution in [3.8, 4) is 10.6 Å². The molecule has 7 heteroatoms. The topological polar surface area (TPSA) is 81.1 Å². The predicted molar refractivity (Wildman–Crippen MR) is 87.1 cm³/mol. The van der Waals surface area contributed by atoms with Gasteiger partial charge in [0.1, 0.15) is 0 Å². The van der Waals surface area contributed by atoms with Gasteiger partial charge in [-0.15, -0.1) is 11.3 Å². The Morgan fingerprint density at radius 3 is 3.00 bits per heavy atom. The van der Waals surface area contributed by atoms with E-state index < -0.39 is 0 Å². The van der Waals surface area contributed by atoms with Crippen LogP contribution in [0.5, 0.6) is 0 Å². The summed E-state index contributed by atoms with van der Waals surface area (Å²) < 4.78 is 5.92. The Kier molecular flexibility index (Phi) is 4.81. The largest absolute Gasteiger partial charge is 0.355 e. The molecule has 2 unspecified atom stereocenters. The molecule has 22 heavy (non-hydrogen) atoms. The van der Waals surface area contributed by atoms with E-state index in [0.29, 0.717) is 28.3 Å². The number of nitrogens with two attached hydrogens (primary N) is 1. The van der Waals surface area contributed by atoms with Crippen LogP contribution in [0.15, 0.2) is 22.7 Å². The standard InChI is InChI=1S/C15H18ClN3O2S/c16-14-6-5-13(22-14)12-7-11(19-21-12)15(20)18-10-4-2-1-3-9(10)8-17/h5-7,9-10H,1-4,8,17H2,(H,18,20). The number of nitrogens with one attached hydrogen (secondary N) is 1. The minimum absolute atomic E-state index is 0.127. The van der Waals surface area contributed by atoms with E-state index in [4.69, 9.17) is 21.9 Å². The number of carbonyl (C=O) groups excluding carboxylic acids is 1. The molecule has 2 heterocycles. The summed E-state index contributed by atoms with van der Waals surface area (Å²) in [6, 6.07) is 5.42. The third kappa shape index (κ3) is 3.34. The molecule has 0 bridgehead atoms. The van der Waals surface area contributed by atoms with E-state index in [1.54, 1.807) is 12.1 Å². The third-order valence-corrected chi connectivity index (χ3v) is 5.33. The Bertz CT molecular complexity index is 655. The zero-order valence-corrected chi connectivity index (χ0v) is 13.6. The molecule has 118 valence electrons. The maximum absolute atomic E-state index is 12.3. The maximum atomic E-state index is 12.3. The first-order valence-electron chi connectivity index (χ1n) is 7.40. The lowest BCUT2D eigenvalue weighted by atomic mass is 9.84. The molecule has 1 fully saturated rings. The lowest BCUT2D eigenvalue weighted by molar-refractivity contribution is 0.0899. The molecule has 0 aromatic carbocycles.